The summed E-state index contributed by atoms with van der Waals surface area (Å²) in [6, 6.07) is 9.79. The number of rotatable bonds is 7. The van der Waals surface area contributed by atoms with Crippen molar-refractivity contribution < 1.29 is 0 Å². The number of anilines is 2. The number of allylic oxidation sites excluding steroid dienone is 1. The number of hydrogen-bond donors (Lipinski definition) is 2. The van der Waals surface area contributed by atoms with Crippen molar-refractivity contribution in [3.05, 3.63) is 58.3 Å². The average Bonchev–Trinajstić information content (AvgIpc) is 2.62. The molecule has 2 N–H and O–H groups in total. The molecule has 0 radical (unpaired) electrons. The molecule has 0 amide bonds. The van der Waals surface area contributed by atoms with Crippen LogP contribution in [0.3, 0.4) is 0 Å². The first kappa shape index (κ1) is 17.7. The van der Waals surface area contributed by atoms with Crippen LogP contribution in [-0.4, -0.2) is 16.5 Å². The highest BCUT2D eigenvalue weighted by molar-refractivity contribution is 6.30. The molecule has 0 fully saturated rings. The van der Waals surface area contributed by atoms with E-state index in [4.69, 9.17) is 11.6 Å². The predicted octanol–water partition coefficient (Wildman–Crippen LogP) is 5.35. The van der Waals surface area contributed by atoms with E-state index >= 15 is 0 Å². The zero-order valence-electron chi connectivity index (χ0n) is 14.7. The summed E-state index contributed by atoms with van der Waals surface area (Å²) in [5.41, 5.74) is 3.68. The Balaban J connectivity index is 1.54. The van der Waals surface area contributed by atoms with Gasteiger partial charge < -0.3 is 10.6 Å². The Kier molecular flexibility index (Phi) is 6.29. The molecule has 3 rings (SSSR count). The van der Waals surface area contributed by atoms with Gasteiger partial charge in [0, 0.05) is 29.9 Å². The maximum atomic E-state index is 5.92. The lowest BCUT2D eigenvalue weighted by molar-refractivity contribution is 0.679. The molecule has 1 aromatic carbocycles. The Morgan fingerprint density at radius 2 is 1.92 bits per heavy atom. The van der Waals surface area contributed by atoms with Gasteiger partial charge in [-0.2, -0.15) is 4.98 Å². The van der Waals surface area contributed by atoms with Crippen molar-refractivity contribution in [2.24, 2.45) is 0 Å². The van der Waals surface area contributed by atoms with Gasteiger partial charge in [-0.1, -0.05) is 35.4 Å². The van der Waals surface area contributed by atoms with Gasteiger partial charge in [0.2, 0.25) is 5.95 Å². The van der Waals surface area contributed by atoms with Crippen molar-refractivity contribution in [1.29, 1.82) is 0 Å². The predicted molar refractivity (Wildman–Crippen MR) is 105 cm³/mol. The minimum Gasteiger partial charge on any atom is -0.366 e. The molecule has 0 aliphatic heterocycles. The minimum atomic E-state index is 0.690. The third-order valence-electron chi connectivity index (χ3n) is 4.36. The molecule has 1 aliphatic rings. The van der Waals surface area contributed by atoms with Gasteiger partial charge in [0.25, 0.3) is 0 Å². The van der Waals surface area contributed by atoms with Crippen LogP contribution < -0.4 is 10.6 Å². The highest BCUT2D eigenvalue weighted by Gasteiger charge is 2.05. The Morgan fingerprint density at radius 3 is 2.68 bits per heavy atom. The molecule has 132 valence electrons. The molecule has 0 saturated carbocycles. The Hall–Kier alpha value is -2.07. The summed E-state index contributed by atoms with van der Waals surface area (Å²) in [4.78, 5) is 9.05. The summed E-state index contributed by atoms with van der Waals surface area (Å²) < 4.78 is 0. The summed E-state index contributed by atoms with van der Waals surface area (Å²) in [6.45, 7) is 3.58. The zero-order chi connectivity index (χ0) is 17.5. The van der Waals surface area contributed by atoms with Crippen molar-refractivity contribution in [2.45, 2.75) is 45.6 Å². The summed E-state index contributed by atoms with van der Waals surface area (Å²) >= 11 is 5.92. The van der Waals surface area contributed by atoms with Gasteiger partial charge in [0.05, 0.1) is 0 Å². The van der Waals surface area contributed by atoms with Crippen LogP contribution in [0.1, 0.15) is 43.4 Å². The molecule has 0 spiro atoms. The van der Waals surface area contributed by atoms with E-state index in [2.05, 4.69) is 26.7 Å². The van der Waals surface area contributed by atoms with Crippen LogP contribution in [0.2, 0.25) is 5.02 Å². The van der Waals surface area contributed by atoms with E-state index in [0.29, 0.717) is 12.5 Å². The number of halogens is 1. The molecule has 0 bridgehead atoms. The summed E-state index contributed by atoms with van der Waals surface area (Å²) in [5, 5.41) is 7.47. The van der Waals surface area contributed by atoms with Crippen molar-refractivity contribution in [3.8, 4) is 0 Å². The fourth-order valence-electron chi connectivity index (χ4n) is 3.00. The average molecular weight is 357 g/mol. The maximum absolute atomic E-state index is 5.92. The first-order valence-corrected chi connectivity index (χ1v) is 9.32. The second kappa shape index (κ2) is 8.86. The van der Waals surface area contributed by atoms with Crippen molar-refractivity contribution in [2.75, 3.05) is 17.2 Å². The van der Waals surface area contributed by atoms with Gasteiger partial charge in [0.1, 0.15) is 5.82 Å². The largest absolute Gasteiger partial charge is 0.366 e. The molecular formula is C20H25ClN4. The highest BCUT2D eigenvalue weighted by atomic mass is 35.5. The smallest absolute Gasteiger partial charge is 0.224 e. The number of aromatic nitrogens is 2. The first-order valence-electron chi connectivity index (χ1n) is 8.95. The number of benzene rings is 1. The van der Waals surface area contributed by atoms with Gasteiger partial charge in [-0.15, -0.1) is 0 Å². The van der Waals surface area contributed by atoms with Gasteiger partial charge in [-0.25, -0.2) is 4.98 Å². The molecule has 0 unspecified atom stereocenters. The molecule has 2 aromatic rings. The number of aryl methyl sites for hydroxylation is 1. The Labute approximate surface area is 154 Å². The lowest BCUT2D eigenvalue weighted by Crippen LogP contribution is -2.10. The fourth-order valence-corrected chi connectivity index (χ4v) is 3.13. The van der Waals surface area contributed by atoms with E-state index in [1.807, 2.05) is 37.3 Å². The van der Waals surface area contributed by atoms with Crippen LogP contribution in [-0.2, 0) is 6.54 Å². The van der Waals surface area contributed by atoms with Crippen LogP contribution in [0.4, 0.5) is 11.8 Å². The monoisotopic (exact) mass is 356 g/mol. The number of nitrogens with one attached hydrogen (secondary N) is 2. The van der Waals surface area contributed by atoms with Crippen LogP contribution in [0.25, 0.3) is 0 Å². The van der Waals surface area contributed by atoms with Crippen LogP contribution in [0.15, 0.2) is 42.0 Å². The fraction of sp³-hybridized carbons (Fsp3) is 0.400. The van der Waals surface area contributed by atoms with Crippen LogP contribution in [0.5, 0.6) is 0 Å². The van der Waals surface area contributed by atoms with E-state index in [9.17, 15) is 0 Å². The second-order valence-corrected chi connectivity index (χ2v) is 6.92. The third-order valence-corrected chi connectivity index (χ3v) is 4.61. The minimum absolute atomic E-state index is 0.690. The van der Waals surface area contributed by atoms with Crippen molar-refractivity contribution >= 4 is 23.4 Å². The van der Waals surface area contributed by atoms with E-state index in [1.54, 1.807) is 5.57 Å². The standard InChI is InChI=1S/C20H25ClN4/c1-15-13-19(23-14-17-7-9-18(21)10-8-17)25-20(24-15)22-12-11-16-5-3-2-4-6-16/h5,7-10,13H,2-4,6,11-12,14H2,1H3,(H2,22,23,24,25). The highest BCUT2D eigenvalue weighted by Crippen LogP contribution is 2.20. The summed E-state index contributed by atoms with van der Waals surface area (Å²) in [7, 11) is 0. The molecule has 1 aromatic heterocycles. The SMILES string of the molecule is Cc1cc(NCc2ccc(Cl)cc2)nc(NCCC2=CCCCC2)n1. The number of hydrogen-bond acceptors (Lipinski definition) is 4. The second-order valence-electron chi connectivity index (χ2n) is 6.48. The lowest BCUT2D eigenvalue weighted by atomic mass is 9.97. The van der Waals surface area contributed by atoms with E-state index in [0.717, 1.165) is 29.5 Å². The molecule has 1 heterocycles. The molecule has 0 saturated heterocycles. The maximum Gasteiger partial charge on any atom is 0.224 e. The quantitative estimate of drug-likeness (QED) is 0.656. The molecule has 5 heteroatoms. The zero-order valence-corrected chi connectivity index (χ0v) is 15.4. The molecular weight excluding hydrogens is 332 g/mol. The van der Waals surface area contributed by atoms with Gasteiger partial charge in [-0.05, 0) is 56.7 Å². The summed E-state index contributed by atoms with van der Waals surface area (Å²) in [5.74, 6) is 1.52. The molecule has 1 aliphatic carbocycles. The van der Waals surface area contributed by atoms with E-state index in [-0.39, 0.29) is 0 Å². The normalized spacial score (nSPS) is 14.1. The van der Waals surface area contributed by atoms with E-state index < -0.39 is 0 Å². The van der Waals surface area contributed by atoms with Gasteiger partial charge in [0.15, 0.2) is 0 Å². The Bertz CT molecular complexity index is 725. The summed E-state index contributed by atoms with van der Waals surface area (Å²) in [6.07, 6.45) is 8.59. The van der Waals surface area contributed by atoms with Crippen molar-refractivity contribution in [3.63, 3.8) is 0 Å². The third kappa shape index (κ3) is 5.75. The van der Waals surface area contributed by atoms with Crippen LogP contribution >= 0.6 is 11.6 Å². The number of nitrogens with zero attached hydrogens (tertiary/aromatic N) is 2. The van der Waals surface area contributed by atoms with Gasteiger partial charge >= 0.3 is 0 Å². The van der Waals surface area contributed by atoms with E-state index in [1.165, 1.54) is 31.2 Å². The molecule has 25 heavy (non-hydrogen) atoms. The Morgan fingerprint density at radius 1 is 1.08 bits per heavy atom. The van der Waals surface area contributed by atoms with Crippen molar-refractivity contribution in [1.82, 2.24) is 9.97 Å². The lowest BCUT2D eigenvalue weighted by Gasteiger charge is -2.13. The molecule has 0 atom stereocenters. The van der Waals surface area contributed by atoms with Gasteiger partial charge in [-0.3, -0.25) is 0 Å². The van der Waals surface area contributed by atoms with Crippen LogP contribution in [0, 0.1) is 6.92 Å². The topological polar surface area (TPSA) is 49.8 Å². The molecule has 4 nitrogen and oxygen atoms in total. The first-order chi connectivity index (χ1) is 12.2.